The molecule has 0 saturated carbocycles. The van der Waals surface area contributed by atoms with E-state index in [9.17, 15) is 13.5 Å². The number of rotatable bonds is 3. The van der Waals surface area contributed by atoms with Crippen LogP contribution in [-0.4, -0.2) is 13.5 Å². The molecule has 0 aliphatic heterocycles. The van der Waals surface area contributed by atoms with Gasteiger partial charge in [-0.05, 0) is 41.5 Å². The molecule has 0 unspecified atom stereocenters. The fourth-order valence-electron chi connectivity index (χ4n) is 2.64. The molecule has 0 spiro atoms. The first-order chi connectivity index (χ1) is 11.7. The minimum absolute atomic E-state index is 0.0267. The van der Waals surface area contributed by atoms with Crippen molar-refractivity contribution in [2.45, 2.75) is 64.2 Å². The van der Waals surface area contributed by atoms with Gasteiger partial charge in [-0.1, -0.05) is 65.3 Å². The largest absolute Gasteiger partial charge is 0.505 e. The van der Waals surface area contributed by atoms with Crippen molar-refractivity contribution >= 4 is 15.7 Å². The molecule has 0 aliphatic carbocycles. The average Bonchev–Trinajstić information content (AvgIpc) is 2.47. The number of nitrogens with one attached hydrogen (secondary N) is 1. The van der Waals surface area contributed by atoms with E-state index in [1.54, 1.807) is 30.3 Å². The fraction of sp³-hybridized carbons (Fsp3) is 0.429. The normalized spacial score (nSPS) is 12.9. The van der Waals surface area contributed by atoms with Gasteiger partial charge in [0.2, 0.25) is 0 Å². The first-order valence-electron chi connectivity index (χ1n) is 8.69. The van der Waals surface area contributed by atoms with E-state index in [0.29, 0.717) is 5.56 Å². The number of phenolic OH excluding ortho intramolecular Hbond substituents is 1. The van der Waals surface area contributed by atoms with E-state index < -0.39 is 10.0 Å². The first-order valence-corrected chi connectivity index (χ1v) is 10.2. The Bertz CT molecular complexity index is 900. The third-order valence-corrected chi connectivity index (χ3v) is 5.74. The summed E-state index contributed by atoms with van der Waals surface area (Å²) in [5.41, 5.74) is 2.36. The van der Waals surface area contributed by atoms with E-state index in [2.05, 4.69) is 25.5 Å². The lowest BCUT2D eigenvalue weighted by Gasteiger charge is -2.27. The maximum absolute atomic E-state index is 12.8. The number of aromatic hydroxyl groups is 1. The van der Waals surface area contributed by atoms with Crippen LogP contribution in [0.15, 0.2) is 41.3 Å². The van der Waals surface area contributed by atoms with Gasteiger partial charge < -0.3 is 5.11 Å². The molecule has 2 aromatic carbocycles. The van der Waals surface area contributed by atoms with Gasteiger partial charge in [0.1, 0.15) is 5.75 Å². The second-order valence-corrected chi connectivity index (χ2v) is 10.5. The van der Waals surface area contributed by atoms with Gasteiger partial charge in [0.05, 0.1) is 10.6 Å². The van der Waals surface area contributed by atoms with Gasteiger partial charge in [0.15, 0.2) is 0 Å². The molecule has 142 valence electrons. The molecule has 0 aliphatic rings. The van der Waals surface area contributed by atoms with Crippen LogP contribution in [0.25, 0.3) is 0 Å². The van der Waals surface area contributed by atoms with Crippen molar-refractivity contribution in [2.24, 2.45) is 0 Å². The van der Waals surface area contributed by atoms with E-state index in [0.717, 1.165) is 11.1 Å². The zero-order valence-electron chi connectivity index (χ0n) is 16.6. The maximum Gasteiger partial charge on any atom is 0.262 e. The van der Waals surface area contributed by atoms with Crippen LogP contribution in [0.1, 0.15) is 58.2 Å². The van der Waals surface area contributed by atoms with E-state index in [1.165, 1.54) is 0 Å². The topological polar surface area (TPSA) is 66.4 Å². The van der Waals surface area contributed by atoms with Crippen LogP contribution in [0.5, 0.6) is 5.75 Å². The summed E-state index contributed by atoms with van der Waals surface area (Å²) < 4.78 is 28.1. The summed E-state index contributed by atoms with van der Waals surface area (Å²) in [6.45, 7) is 14.1. The highest BCUT2D eigenvalue weighted by Gasteiger charge is 2.26. The monoisotopic (exact) mass is 375 g/mol. The van der Waals surface area contributed by atoms with Gasteiger partial charge in [-0.2, -0.15) is 0 Å². The third-order valence-electron chi connectivity index (χ3n) is 4.36. The SMILES string of the molecule is Cc1ccc(S(=O)(=O)Nc2cc(C(C)(C)C)cc(C(C)(C)C)c2O)cc1. The lowest BCUT2D eigenvalue weighted by molar-refractivity contribution is 0.447. The highest BCUT2D eigenvalue weighted by atomic mass is 32.2. The summed E-state index contributed by atoms with van der Waals surface area (Å²) in [6, 6.07) is 10.3. The Morgan fingerprint density at radius 2 is 1.42 bits per heavy atom. The summed E-state index contributed by atoms with van der Waals surface area (Å²) in [5.74, 6) is -0.0267. The van der Waals surface area contributed by atoms with Gasteiger partial charge >= 0.3 is 0 Å². The van der Waals surface area contributed by atoms with Crippen molar-refractivity contribution in [1.29, 1.82) is 0 Å². The molecule has 5 heteroatoms. The third kappa shape index (κ3) is 4.39. The number of benzene rings is 2. The lowest BCUT2D eigenvalue weighted by Crippen LogP contribution is -2.19. The Morgan fingerprint density at radius 1 is 0.885 bits per heavy atom. The molecule has 0 aromatic heterocycles. The summed E-state index contributed by atoms with van der Waals surface area (Å²) >= 11 is 0. The molecule has 0 fully saturated rings. The number of phenols is 1. The van der Waals surface area contributed by atoms with Crippen LogP contribution in [0.4, 0.5) is 5.69 Å². The molecule has 2 aromatic rings. The van der Waals surface area contributed by atoms with Crippen LogP contribution < -0.4 is 4.72 Å². The number of sulfonamides is 1. The number of hydrogen-bond acceptors (Lipinski definition) is 3. The van der Waals surface area contributed by atoms with Crippen molar-refractivity contribution in [3.8, 4) is 5.75 Å². The highest BCUT2D eigenvalue weighted by Crippen LogP contribution is 2.40. The van der Waals surface area contributed by atoms with Gasteiger partial charge in [-0.3, -0.25) is 4.72 Å². The van der Waals surface area contributed by atoms with Crippen LogP contribution >= 0.6 is 0 Å². The summed E-state index contributed by atoms with van der Waals surface area (Å²) in [7, 11) is -3.79. The van der Waals surface area contributed by atoms with Crippen LogP contribution in [0, 0.1) is 6.92 Å². The van der Waals surface area contributed by atoms with Gasteiger partial charge in [0.25, 0.3) is 10.0 Å². The molecular weight excluding hydrogens is 346 g/mol. The van der Waals surface area contributed by atoms with Gasteiger partial charge in [0, 0.05) is 5.56 Å². The minimum Gasteiger partial charge on any atom is -0.505 e. The van der Waals surface area contributed by atoms with E-state index in [-0.39, 0.29) is 27.2 Å². The Hall–Kier alpha value is -2.01. The summed E-state index contributed by atoms with van der Waals surface area (Å²) in [6.07, 6.45) is 0. The predicted molar refractivity (Wildman–Crippen MR) is 107 cm³/mol. The van der Waals surface area contributed by atoms with E-state index >= 15 is 0 Å². The van der Waals surface area contributed by atoms with E-state index in [1.807, 2.05) is 33.8 Å². The summed E-state index contributed by atoms with van der Waals surface area (Å²) in [4.78, 5) is 0.168. The maximum atomic E-state index is 12.8. The standard InChI is InChI=1S/C21H29NO3S/c1-14-8-10-16(11-9-14)26(24,25)22-18-13-15(20(2,3)4)12-17(19(18)23)21(5,6)7/h8-13,22-23H,1-7H3. The molecule has 0 radical (unpaired) electrons. The Balaban J connectivity index is 2.60. The molecule has 0 heterocycles. The van der Waals surface area contributed by atoms with Crippen LogP contribution in [0.3, 0.4) is 0 Å². The quantitative estimate of drug-likeness (QED) is 0.734. The predicted octanol–water partition coefficient (Wildman–Crippen LogP) is 5.10. The number of aryl methyl sites for hydroxylation is 1. The fourth-order valence-corrected chi connectivity index (χ4v) is 3.70. The minimum atomic E-state index is -3.79. The van der Waals surface area contributed by atoms with Crippen molar-refractivity contribution < 1.29 is 13.5 Å². The zero-order chi connectivity index (χ0) is 19.9. The number of anilines is 1. The van der Waals surface area contributed by atoms with Crippen molar-refractivity contribution in [1.82, 2.24) is 0 Å². The molecule has 2 N–H and O–H groups in total. The van der Waals surface area contributed by atoms with Crippen molar-refractivity contribution in [2.75, 3.05) is 4.72 Å². The molecule has 4 nitrogen and oxygen atoms in total. The lowest BCUT2D eigenvalue weighted by atomic mass is 9.80. The summed E-state index contributed by atoms with van der Waals surface area (Å²) in [5, 5.41) is 10.7. The Kier molecular flexibility index (Phi) is 5.17. The molecule has 2 rings (SSSR count). The first kappa shape index (κ1) is 20.3. The second-order valence-electron chi connectivity index (χ2n) is 8.84. The molecular formula is C21H29NO3S. The van der Waals surface area contributed by atoms with Crippen molar-refractivity contribution in [3.63, 3.8) is 0 Å². The Labute approximate surface area is 157 Å². The molecule has 0 saturated heterocycles. The van der Waals surface area contributed by atoms with Crippen molar-refractivity contribution in [3.05, 3.63) is 53.1 Å². The van der Waals surface area contributed by atoms with E-state index in [4.69, 9.17) is 0 Å². The van der Waals surface area contributed by atoms with Gasteiger partial charge in [-0.25, -0.2) is 8.42 Å². The molecule has 0 atom stereocenters. The molecule has 0 bridgehead atoms. The number of hydrogen-bond donors (Lipinski definition) is 2. The second kappa shape index (κ2) is 6.62. The molecule has 0 amide bonds. The smallest absolute Gasteiger partial charge is 0.262 e. The average molecular weight is 376 g/mol. The zero-order valence-corrected chi connectivity index (χ0v) is 17.5. The van der Waals surface area contributed by atoms with Gasteiger partial charge in [-0.15, -0.1) is 0 Å². The van der Waals surface area contributed by atoms with Crippen LogP contribution in [-0.2, 0) is 20.9 Å². The Morgan fingerprint density at radius 3 is 1.88 bits per heavy atom. The molecule has 26 heavy (non-hydrogen) atoms. The highest BCUT2D eigenvalue weighted by molar-refractivity contribution is 7.92. The van der Waals surface area contributed by atoms with Crippen LogP contribution in [0.2, 0.25) is 0 Å².